The Morgan fingerprint density at radius 2 is 1.72 bits per heavy atom. The summed E-state index contributed by atoms with van der Waals surface area (Å²) in [4.78, 5) is 17.3. The molecule has 0 saturated heterocycles. The Labute approximate surface area is 174 Å². The van der Waals surface area contributed by atoms with E-state index in [-0.39, 0.29) is 5.43 Å². The number of nitrogens with zero attached hydrogens (tertiary/aromatic N) is 2. The number of para-hydroxylation sites is 2. The highest BCUT2D eigenvalue weighted by Gasteiger charge is 2.13. The van der Waals surface area contributed by atoms with Crippen LogP contribution in [0.4, 0.5) is 11.5 Å². The van der Waals surface area contributed by atoms with Crippen LogP contribution in [-0.2, 0) is 0 Å². The lowest BCUT2D eigenvalue weighted by atomic mass is 10.1. The summed E-state index contributed by atoms with van der Waals surface area (Å²) >= 11 is 4.12. The summed E-state index contributed by atoms with van der Waals surface area (Å²) in [5.41, 5.74) is 3.89. The molecule has 0 fully saturated rings. The molecule has 0 aliphatic carbocycles. The standard InChI is InChI=1S/C24H19N3OS/c1-17(12-13-29)21-14-22-20(16-25-21)23(28)15-24(26-18-8-4-2-5-9-18)27(22)19-10-6-3-7-11-19/h2-16,26,29H,1H2/b13-12-. The average Bonchev–Trinajstić information content (AvgIpc) is 2.75. The number of nitrogens with one attached hydrogen (secondary N) is 1. The molecule has 5 heteroatoms. The SMILES string of the molecule is C=C(/C=C\S)c1cc2c(cn1)c(=O)cc(Nc1ccccc1)n2-c1ccccc1. The van der Waals surface area contributed by atoms with Gasteiger partial charge in [0, 0.05) is 23.6 Å². The summed E-state index contributed by atoms with van der Waals surface area (Å²) in [6, 6.07) is 23.2. The van der Waals surface area contributed by atoms with Gasteiger partial charge in [-0.1, -0.05) is 43.0 Å². The second-order valence-electron chi connectivity index (χ2n) is 6.48. The molecule has 29 heavy (non-hydrogen) atoms. The van der Waals surface area contributed by atoms with Crippen LogP contribution in [0.2, 0.25) is 0 Å². The van der Waals surface area contributed by atoms with Gasteiger partial charge in [-0.15, -0.1) is 0 Å². The van der Waals surface area contributed by atoms with E-state index < -0.39 is 0 Å². The van der Waals surface area contributed by atoms with E-state index in [1.807, 2.05) is 71.3 Å². The van der Waals surface area contributed by atoms with Gasteiger partial charge in [0.1, 0.15) is 5.82 Å². The largest absolute Gasteiger partial charge is 0.341 e. The van der Waals surface area contributed by atoms with Crippen LogP contribution in [0.5, 0.6) is 0 Å². The normalized spacial score (nSPS) is 11.1. The summed E-state index contributed by atoms with van der Waals surface area (Å²) in [5.74, 6) is 0.674. The predicted octanol–water partition coefficient (Wildman–Crippen LogP) is 5.59. The Morgan fingerprint density at radius 1 is 1.03 bits per heavy atom. The molecule has 4 nitrogen and oxygen atoms in total. The van der Waals surface area contributed by atoms with Gasteiger partial charge in [-0.3, -0.25) is 14.3 Å². The van der Waals surface area contributed by atoms with E-state index in [1.165, 1.54) is 0 Å². The van der Waals surface area contributed by atoms with E-state index in [0.29, 0.717) is 16.9 Å². The zero-order valence-electron chi connectivity index (χ0n) is 15.6. The molecule has 0 atom stereocenters. The number of fused-ring (bicyclic) bond motifs is 1. The van der Waals surface area contributed by atoms with E-state index in [1.54, 1.807) is 23.7 Å². The fourth-order valence-electron chi connectivity index (χ4n) is 3.18. The van der Waals surface area contributed by atoms with Crippen molar-refractivity contribution < 1.29 is 0 Å². The first kappa shape index (κ1) is 18.8. The number of allylic oxidation sites excluding steroid dienone is 2. The first-order valence-corrected chi connectivity index (χ1v) is 9.62. The van der Waals surface area contributed by atoms with Crippen LogP contribution in [-0.4, -0.2) is 9.55 Å². The van der Waals surface area contributed by atoms with Gasteiger partial charge in [0.15, 0.2) is 5.43 Å². The van der Waals surface area contributed by atoms with E-state index >= 15 is 0 Å². The maximum Gasteiger partial charge on any atom is 0.193 e. The van der Waals surface area contributed by atoms with E-state index in [4.69, 9.17) is 0 Å². The monoisotopic (exact) mass is 397 g/mol. The van der Waals surface area contributed by atoms with Gasteiger partial charge in [0.05, 0.1) is 16.6 Å². The first-order valence-electron chi connectivity index (χ1n) is 9.11. The number of hydrogen-bond acceptors (Lipinski definition) is 4. The van der Waals surface area contributed by atoms with Crippen molar-refractivity contribution >= 4 is 40.6 Å². The molecule has 1 N–H and O–H groups in total. The van der Waals surface area contributed by atoms with Gasteiger partial charge in [0.2, 0.25) is 0 Å². The Hall–Kier alpha value is -3.57. The number of benzene rings is 2. The van der Waals surface area contributed by atoms with Crippen LogP contribution >= 0.6 is 12.6 Å². The van der Waals surface area contributed by atoms with Gasteiger partial charge in [0.25, 0.3) is 0 Å². The third-order valence-corrected chi connectivity index (χ3v) is 4.71. The number of anilines is 2. The van der Waals surface area contributed by atoms with E-state index in [2.05, 4.69) is 29.5 Å². The molecule has 0 amide bonds. The molecule has 2 aromatic carbocycles. The molecule has 2 heterocycles. The maximum atomic E-state index is 12.8. The summed E-state index contributed by atoms with van der Waals surface area (Å²) in [6.45, 7) is 4.04. The van der Waals surface area contributed by atoms with Crippen LogP contribution in [0, 0.1) is 0 Å². The highest BCUT2D eigenvalue weighted by molar-refractivity contribution is 7.83. The van der Waals surface area contributed by atoms with Crippen molar-refractivity contribution in [1.82, 2.24) is 9.55 Å². The molecule has 0 aliphatic rings. The quantitative estimate of drug-likeness (QED) is 0.341. The lowest BCUT2D eigenvalue weighted by molar-refractivity contribution is 1.09. The van der Waals surface area contributed by atoms with Gasteiger partial charge in [-0.2, -0.15) is 12.6 Å². The van der Waals surface area contributed by atoms with Gasteiger partial charge in [-0.05, 0) is 47.4 Å². The molecule has 0 spiro atoms. The third-order valence-electron chi connectivity index (χ3n) is 4.56. The minimum atomic E-state index is -0.0972. The number of thiol groups is 1. The first-order chi connectivity index (χ1) is 14.2. The average molecular weight is 398 g/mol. The molecule has 142 valence electrons. The molecule has 0 radical (unpaired) electrons. The molecule has 0 bridgehead atoms. The number of aromatic nitrogens is 2. The second kappa shape index (κ2) is 8.20. The minimum Gasteiger partial charge on any atom is -0.341 e. The van der Waals surface area contributed by atoms with Gasteiger partial charge < -0.3 is 5.32 Å². The molecule has 0 aliphatic heterocycles. The number of hydrogen-bond donors (Lipinski definition) is 2. The van der Waals surface area contributed by atoms with Crippen molar-refractivity contribution in [2.75, 3.05) is 5.32 Å². The Kier molecular flexibility index (Phi) is 5.31. The lowest BCUT2D eigenvalue weighted by Crippen LogP contribution is -2.13. The second-order valence-corrected chi connectivity index (χ2v) is 6.78. The maximum absolute atomic E-state index is 12.8. The van der Waals surface area contributed by atoms with Crippen LogP contribution < -0.4 is 10.7 Å². The van der Waals surface area contributed by atoms with Crippen molar-refractivity contribution in [2.45, 2.75) is 0 Å². The van der Waals surface area contributed by atoms with E-state index in [0.717, 1.165) is 22.5 Å². The molecule has 0 unspecified atom stereocenters. The van der Waals surface area contributed by atoms with E-state index in [9.17, 15) is 4.79 Å². The highest BCUT2D eigenvalue weighted by Crippen LogP contribution is 2.26. The van der Waals surface area contributed by atoms with Crippen molar-refractivity contribution in [3.05, 3.63) is 113 Å². The van der Waals surface area contributed by atoms with Gasteiger partial charge in [-0.25, -0.2) is 0 Å². The topological polar surface area (TPSA) is 46.9 Å². The summed E-state index contributed by atoms with van der Waals surface area (Å²) in [7, 11) is 0. The highest BCUT2D eigenvalue weighted by atomic mass is 32.1. The fraction of sp³-hybridized carbons (Fsp3) is 0. The smallest absolute Gasteiger partial charge is 0.193 e. The summed E-state index contributed by atoms with van der Waals surface area (Å²) < 4.78 is 2.02. The summed E-state index contributed by atoms with van der Waals surface area (Å²) in [5, 5.41) is 5.53. The van der Waals surface area contributed by atoms with Crippen molar-refractivity contribution in [3.63, 3.8) is 0 Å². The van der Waals surface area contributed by atoms with Crippen LogP contribution in [0.3, 0.4) is 0 Å². The fourth-order valence-corrected chi connectivity index (χ4v) is 3.36. The Morgan fingerprint density at radius 3 is 2.41 bits per heavy atom. The van der Waals surface area contributed by atoms with Crippen molar-refractivity contribution in [1.29, 1.82) is 0 Å². The van der Waals surface area contributed by atoms with Crippen LogP contribution in [0.25, 0.3) is 22.2 Å². The Balaban J connectivity index is 2.01. The predicted molar refractivity (Wildman–Crippen MR) is 124 cm³/mol. The van der Waals surface area contributed by atoms with Gasteiger partial charge >= 0.3 is 0 Å². The molecule has 4 aromatic rings. The zero-order chi connectivity index (χ0) is 20.2. The molecular weight excluding hydrogens is 378 g/mol. The molecule has 4 rings (SSSR count). The van der Waals surface area contributed by atoms with Crippen molar-refractivity contribution in [3.8, 4) is 5.69 Å². The van der Waals surface area contributed by atoms with Crippen molar-refractivity contribution in [2.24, 2.45) is 0 Å². The molecule has 0 saturated carbocycles. The number of rotatable bonds is 5. The molecular formula is C24H19N3OS. The number of pyridine rings is 2. The Bertz CT molecular complexity index is 1260. The summed E-state index contributed by atoms with van der Waals surface area (Å²) in [6.07, 6.45) is 3.38. The van der Waals surface area contributed by atoms with Crippen LogP contribution in [0.15, 0.2) is 102 Å². The molecule has 2 aromatic heterocycles. The van der Waals surface area contributed by atoms with Crippen LogP contribution in [0.1, 0.15) is 5.69 Å². The lowest BCUT2D eigenvalue weighted by Gasteiger charge is -2.19. The minimum absolute atomic E-state index is 0.0972. The zero-order valence-corrected chi connectivity index (χ0v) is 16.5. The third kappa shape index (κ3) is 3.86.